The Morgan fingerprint density at radius 1 is 1.04 bits per heavy atom. The average Bonchev–Trinajstić information content (AvgIpc) is 2.66. The molecule has 5 heteroatoms. The Kier molecular flexibility index (Phi) is 4.43. The maximum absolute atomic E-state index is 12.9. The highest BCUT2D eigenvalue weighted by atomic mass is 16.5. The number of ether oxygens (including phenoxy) is 1. The van der Waals surface area contributed by atoms with Crippen molar-refractivity contribution in [1.29, 1.82) is 0 Å². The number of pyridine rings is 1. The van der Waals surface area contributed by atoms with Crippen LogP contribution in [-0.2, 0) is 0 Å². The minimum Gasteiger partial charge on any atom is -0.423 e. The molecular formula is C23H19NO4. The first-order chi connectivity index (χ1) is 13.4. The second-order valence-corrected chi connectivity index (χ2v) is 7.06. The van der Waals surface area contributed by atoms with Gasteiger partial charge in [0.25, 0.3) is 0 Å². The maximum atomic E-state index is 12.9. The van der Waals surface area contributed by atoms with Gasteiger partial charge in [-0.2, -0.15) is 0 Å². The van der Waals surface area contributed by atoms with E-state index in [2.05, 4.69) is 4.98 Å². The van der Waals surface area contributed by atoms with Crippen molar-refractivity contribution in [3.8, 4) is 5.75 Å². The summed E-state index contributed by atoms with van der Waals surface area (Å²) in [5.74, 6) is 0.0159. The number of carbonyl (C=O) groups is 1. The fraction of sp³-hybridized carbons (Fsp3) is 0.174. The Bertz CT molecular complexity index is 1270. The first-order valence-corrected chi connectivity index (χ1v) is 9.09. The van der Waals surface area contributed by atoms with E-state index < -0.39 is 11.6 Å². The van der Waals surface area contributed by atoms with Gasteiger partial charge in [0.15, 0.2) is 0 Å². The summed E-state index contributed by atoms with van der Waals surface area (Å²) in [6.07, 6.45) is 0. The second-order valence-electron chi connectivity index (χ2n) is 7.06. The highest BCUT2D eigenvalue weighted by molar-refractivity contribution is 6.04. The van der Waals surface area contributed by atoms with E-state index in [1.807, 2.05) is 45.0 Å². The van der Waals surface area contributed by atoms with Gasteiger partial charge in [0.1, 0.15) is 11.3 Å². The van der Waals surface area contributed by atoms with Crippen molar-refractivity contribution in [2.24, 2.45) is 0 Å². The van der Waals surface area contributed by atoms with E-state index in [1.54, 1.807) is 24.3 Å². The molecule has 4 rings (SSSR count). The first kappa shape index (κ1) is 17.9. The Hall–Kier alpha value is -3.47. The molecule has 0 aliphatic rings. The molecule has 2 heterocycles. The average molecular weight is 373 g/mol. The molecule has 5 nitrogen and oxygen atoms in total. The normalized spacial score (nSPS) is 11.3. The lowest BCUT2D eigenvalue weighted by Gasteiger charge is -2.11. The topological polar surface area (TPSA) is 69.4 Å². The van der Waals surface area contributed by atoms with Gasteiger partial charge >= 0.3 is 11.6 Å². The number of hydrogen-bond acceptors (Lipinski definition) is 5. The molecule has 4 aromatic rings. The van der Waals surface area contributed by atoms with Crippen molar-refractivity contribution in [1.82, 2.24) is 4.98 Å². The van der Waals surface area contributed by atoms with Crippen LogP contribution in [0.3, 0.4) is 0 Å². The summed E-state index contributed by atoms with van der Waals surface area (Å²) in [5, 5.41) is 1.54. The van der Waals surface area contributed by atoms with Crippen LogP contribution in [0.4, 0.5) is 0 Å². The third-order valence-electron chi connectivity index (χ3n) is 4.68. The predicted octanol–water partition coefficient (Wildman–Crippen LogP) is 4.99. The number of nitrogens with zero attached hydrogens (tertiary/aromatic N) is 1. The molecule has 0 N–H and O–H groups in total. The zero-order valence-electron chi connectivity index (χ0n) is 15.9. The molecule has 0 fully saturated rings. The van der Waals surface area contributed by atoms with E-state index in [0.717, 1.165) is 27.5 Å². The first-order valence-electron chi connectivity index (χ1n) is 9.09. The molecule has 28 heavy (non-hydrogen) atoms. The van der Waals surface area contributed by atoms with Gasteiger partial charge in [-0.1, -0.05) is 32.0 Å². The summed E-state index contributed by atoms with van der Waals surface area (Å²) in [5.41, 5.74) is 2.80. The fourth-order valence-corrected chi connectivity index (χ4v) is 3.19. The molecule has 0 unspecified atom stereocenters. The van der Waals surface area contributed by atoms with E-state index in [9.17, 15) is 9.59 Å². The largest absolute Gasteiger partial charge is 0.423 e. The zero-order chi connectivity index (χ0) is 19.8. The quantitative estimate of drug-likeness (QED) is 0.287. The van der Waals surface area contributed by atoms with Crippen LogP contribution in [0, 0.1) is 6.92 Å². The Morgan fingerprint density at radius 3 is 2.61 bits per heavy atom. The summed E-state index contributed by atoms with van der Waals surface area (Å²) in [4.78, 5) is 29.2. The van der Waals surface area contributed by atoms with Gasteiger partial charge in [-0.15, -0.1) is 0 Å². The molecule has 0 saturated carbocycles. The third kappa shape index (κ3) is 3.27. The van der Waals surface area contributed by atoms with E-state index >= 15 is 0 Å². The molecule has 0 aliphatic heterocycles. The van der Waals surface area contributed by atoms with Gasteiger partial charge < -0.3 is 9.15 Å². The van der Waals surface area contributed by atoms with Gasteiger partial charge in [0, 0.05) is 28.6 Å². The number of hydrogen-bond donors (Lipinski definition) is 0. The number of carbonyl (C=O) groups excluding carboxylic acids is 1. The van der Waals surface area contributed by atoms with Crippen molar-refractivity contribution in [3.05, 3.63) is 81.8 Å². The van der Waals surface area contributed by atoms with Crippen molar-refractivity contribution in [2.75, 3.05) is 0 Å². The van der Waals surface area contributed by atoms with Crippen molar-refractivity contribution >= 4 is 27.8 Å². The maximum Gasteiger partial charge on any atom is 0.344 e. The summed E-state index contributed by atoms with van der Waals surface area (Å²) in [6, 6.07) is 15.7. The molecule has 2 aromatic carbocycles. The van der Waals surface area contributed by atoms with E-state index in [-0.39, 0.29) is 5.92 Å². The van der Waals surface area contributed by atoms with E-state index in [4.69, 9.17) is 9.15 Å². The molecule has 140 valence electrons. The van der Waals surface area contributed by atoms with Crippen LogP contribution < -0.4 is 10.4 Å². The smallest absolute Gasteiger partial charge is 0.344 e. The molecule has 0 radical (unpaired) electrons. The lowest BCUT2D eigenvalue weighted by molar-refractivity contribution is 0.0737. The third-order valence-corrected chi connectivity index (χ3v) is 4.68. The lowest BCUT2D eigenvalue weighted by Crippen LogP contribution is -2.11. The number of rotatable bonds is 3. The molecule has 0 aliphatic carbocycles. The van der Waals surface area contributed by atoms with Crippen molar-refractivity contribution < 1.29 is 13.9 Å². The number of fused-ring (bicyclic) bond motifs is 2. The van der Waals surface area contributed by atoms with Gasteiger partial charge in [-0.3, -0.25) is 4.98 Å². The van der Waals surface area contributed by atoms with E-state index in [0.29, 0.717) is 16.9 Å². The summed E-state index contributed by atoms with van der Waals surface area (Å²) >= 11 is 0. The SMILES string of the molecule is Cc1cc(=O)oc2cc(OC(=O)c3cc(C(C)C)nc4ccccc34)ccc12. The Balaban J connectivity index is 1.76. The monoisotopic (exact) mass is 373 g/mol. The van der Waals surface area contributed by atoms with Crippen LogP contribution in [0.2, 0.25) is 0 Å². The number of aryl methyl sites for hydroxylation is 1. The van der Waals surface area contributed by atoms with Crippen LogP contribution in [0.1, 0.15) is 41.4 Å². The molecule has 0 saturated heterocycles. The number of esters is 1. The minimum absolute atomic E-state index is 0.175. The highest BCUT2D eigenvalue weighted by Crippen LogP contribution is 2.26. The summed E-state index contributed by atoms with van der Waals surface area (Å²) < 4.78 is 10.8. The van der Waals surface area contributed by atoms with Crippen molar-refractivity contribution in [3.63, 3.8) is 0 Å². The Labute approximate surface area is 161 Å². The van der Waals surface area contributed by atoms with Gasteiger partial charge in [0.05, 0.1) is 11.1 Å². The summed E-state index contributed by atoms with van der Waals surface area (Å²) in [6.45, 7) is 5.89. The van der Waals surface area contributed by atoms with Crippen LogP contribution in [-0.4, -0.2) is 11.0 Å². The minimum atomic E-state index is -0.477. The molecule has 0 bridgehead atoms. The van der Waals surface area contributed by atoms with Gasteiger partial charge in [0.2, 0.25) is 0 Å². The molecule has 2 aromatic heterocycles. The Morgan fingerprint density at radius 2 is 1.82 bits per heavy atom. The summed E-state index contributed by atoms with van der Waals surface area (Å²) in [7, 11) is 0. The van der Waals surface area contributed by atoms with Gasteiger partial charge in [-0.25, -0.2) is 9.59 Å². The van der Waals surface area contributed by atoms with Crippen LogP contribution in [0.15, 0.2) is 63.8 Å². The number of benzene rings is 2. The molecule has 0 spiro atoms. The van der Waals surface area contributed by atoms with Crippen LogP contribution in [0.25, 0.3) is 21.9 Å². The highest BCUT2D eigenvalue weighted by Gasteiger charge is 2.17. The van der Waals surface area contributed by atoms with Crippen molar-refractivity contribution in [2.45, 2.75) is 26.7 Å². The lowest BCUT2D eigenvalue weighted by atomic mass is 10.0. The molecular weight excluding hydrogens is 354 g/mol. The van der Waals surface area contributed by atoms with Crippen LogP contribution >= 0.6 is 0 Å². The fourth-order valence-electron chi connectivity index (χ4n) is 3.19. The molecule has 0 amide bonds. The van der Waals surface area contributed by atoms with Gasteiger partial charge in [-0.05, 0) is 42.7 Å². The predicted molar refractivity (Wildman–Crippen MR) is 108 cm³/mol. The zero-order valence-corrected chi connectivity index (χ0v) is 15.9. The standard InChI is InChI=1S/C23H19NO4/c1-13(2)20-12-18(17-6-4-5-7-19(17)24-20)23(26)27-15-8-9-16-14(3)10-22(25)28-21(16)11-15/h4-13H,1-3H3. The van der Waals surface area contributed by atoms with E-state index in [1.165, 1.54) is 6.07 Å². The number of para-hydroxylation sites is 1. The number of aromatic nitrogens is 1. The second kappa shape index (κ2) is 6.93. The van der Waals surface area contributed by atoms with Crippen LogP contribution in [0.5, 0.6) is 5.75 Å². The molecule has 0 atom stereocenters.